The van der Waals surface area contributed by atoms with Gasteiger partial charge < -0.3 is 13.9 Å². The number of esters is 2. The standard InChI is InChI=1S/C37H47NO5Si/c1-36(2,3)44(29-22-14-8-15-23-29,30-24-16-9-17-25-30)43-33(28-20-12-7-13-21-28)37(35(40)42-5)26-31(34(39)41-4)38-32(37)27-18-10-6-11-19-27/h6,8-11,14-19,22-25,28,31-33,38H,7,12-13,20-21,26H2,1-5H3/t31-,32-,33-,37-/m1/s1. The summed E-state index contributed by atoms with van der Waals surface area (Å²) in [5.41, 5.74) is -0.250. The van der Waals surface area contributed by atoms with E-state index in [0.29, 0.717) is 0 Å². The average molecular weight is 614 g/mol. The number of carbonyl (C=O) groups excluding carboxylic acids is 2. The Morgan fingerprint density at radius 3 is 1.80 bits per heavy atom. The van der Waals surface area contributed by atoms with E-state index in [2.05, 4.69) is 74.6 Å². The molecular weight excluding hydrogens is 566 g/mol. The van der Waals surface area contributed by atoms with Crippen LogP contribution in [0.1, 0.15) is 70.9 Å². The lowest BCUT2D eigenvalue weighted by atomic mass is 9.66. The fraction of sp³-hybridized carbons (Fsp3) is 0.459. The Labute approximate surface area is 263 Å². The Morgan fingerprint density at radius 2 is 1.32 bits per heavy atom. The molecular formula is C37H47NO5Si. The van der Waals surface area contributed by atoms with Crippen molar-refractivity contribution < 1.29 is 23.5 Å². The predicted octanol–water partition coefficient (Wildman–Crippen LogP) is 5.95. The first-order valence-corrected chi connectivity index (χ1v) is 17.9. The summed E-state index contributed by atoms with van der Waals surface area (Å²) in [5.74, 6) is -0.628. The minimum Gasteiger partial charge on any atom is -0.468 e. The Kier molecular flexibility index (Phi) is 9.78. The molecule has 0 radical (unpaired) electrons. The van der Waals surface area contributed by atoms with E-state index in [1.807, 2.05) is 42.5 Å². The van der Waals surface area contributed by atoms with Gasteiger partial charge in [0.2, 0.25) is 0 Å². The second-order valence-corrected chi connectivity index (χ2v) is 17.7. The van der Waals surface area contributed by atoms with Crippen LogP contribution in [0, 0.1) is 11.3 Å². The molecule has 0 spiro atoms. The zero-order chi connectivity index (χ0) is 31.4. The second kappa shape index (κ2) is 13.4. The topological polar surface area (TPSA) is 73.9 Å². The third-order valence-electron chi connectivity index (χ3n) is 9.92. The zero-order valence-corrected chi connectivity index (χ0v) is 27.8. The summed E-state index contributed by atoms with van der Waals surface area (Å²) < 4.78 is 19.0. The van der Waals surface area contributed by atoms with E-state index < -0.39 is 31.9 Å². The van der Waals surface area contributed by atoms with E-state index in [0.717, 1.165) is 41.6 Å². The molecule has 234 valence electrons. The predicted molar refractivity (Wildman–Crippen MR) is 176 cm³/mol. The summed E-state index contributed by atoms with van der Waals surface area (Å²) in [4.78, 5) is 27.8. The largest absolute Gasteiger partial charge is 0.468 e. The van der Waals surface area contributed by atoms with E-state index in [1.54, 1.807) is 0 Å². The van der Waals surface area contributed by atoms with Crippen LogP contribution >= 0.6 is 0 Å². The van der Waals surface area contributed by atoms with Gasteiger partial charge in [0.15, 0.2) is 0 Å². The van der Waals surface area contributed by atoms with Crippen LogP contribution in [0.25, 0.3) is 0 Å². The molecule has 3 aromatic rings. The molecule has 44 heavy (non-hydrogen) atoms. The summed E-state index contributed by atoms with van der Waals surface area (Å²) in [6.07, 6.45) is 4.93. The highest BCUT2D eigenvalue weighted by molar-refractivity contribution is 6.99. The van der Waals surface area contributed by atoms with Crippen LogP contribution < -0.4 is 15.7 Å². The first-order chi connectivity index (χ1) is 21.2. The van der Waals surface area contributed by atoms with Gasteiger partial charge in [0.1, 0.15) is 11.5 Å². The fourth-order valence-corrected chi connectivity index (χ4v) is 12.7. The van der Waals surface area contributed by atoms with Crippen LogP contribution in [-0.4, -0.2) is 46.6 Å². The highest BCUT2D eigenvalue weighted by Crippen LogP contribution is 2.54. The van der Waals surface area contributed by atoms with Gasteiger partial charge in [0.25, 0.3) is 8.32 Å². The highest BCUT2D eigenvalue weighted by atomic mass is 28.4. The molecule has 1 aliphatic heterocycles. The molecule has 0 bridgehead atoms. The maximum absolute atomic E-state index is 14.6. The van der Waals surface area contributed by atoms with Gasteiger partial charge in [-0.2, -0.15) is 0 Å². The Bertz CT molecular complexity index is 1350. The third-order valence-corrected chi connectivity index (χ3v) is 14.9. The van der Waals surface area contributed by atoms with Crippen molar-refractivity contribution in [2.75, 3.05) is 14.2 Å². The van der Waals surface area contributed by atoms with E-state index in [9.17, 15) is 9.59 Å². The molecule has 0 unspecified atom stereocenters. The van der Waals surface area contributed by atoms with E-state index in [4.69, 9.17) is 13.9 Å². The zero-order valence-electron chi connectivity index (χ0n) is 26.8. The van der Waals surface area contributed by atoms with Crippen LogP contribution in [0.3, 0.4) is 0 Å². The SMILES string of the molecule is COC(=O)[C@H]1C[C@](C(=O)OC)([C@H](O[Si](c2ccccc2)(c2ccccc2)C(C)(C)C)C2CCCCC2)[C@@H](c2ccccc2)N1. The highest BCUT2D eigenvalue weighted by Gasteiger charge is 2.65. The maximum Gasteiger partial charge on any atom is 0.322 e. The molecule has 2 fully saturated rings. The van der Waals surface area contributed by atoms with Crippen molar-refractivity contribution in [1.29, 1.82) is 0 Å². The monoisotopic (exact) mass is 613 g/mol. The molecule has 1 saturated heterocycles. The smallest absolute Gasteiger partial charge is 0.322 e. The van der Waals surface area contributed by atoms with Crippen LogP contribution in [0.5, 0.6) is 0 Å². The molecule has 2 aliphatic rings. The minimum absolute atomic E-state index is 0.105. The van der Waals surface area contributed by atoms with Crippen LogP contribution in [0.15, 0.2) is 91.0 Å². The van der Waals surface area contributed by atoms with E-state index in [-0.39, 0.29) is 29.3 Å². The number of nitrogens with one attached hydrogen (secondary N) is 1. The van der Waals surface area contributed by atoms with E-state index in [1.165, 1.54) is 20.6 Å². The average Bonchev–Trinajstić information content (AvgIpc) is 3.47. The first-order valence-electron chi connectivity index (χ1n) is 15.9. The van der Waals surface area contributed by atoms with Crippen molar-refractivity contribution in [3.63, 3.8) is 0 Å². The molecule has 0 aromatic heterocycles. The lowest BCUT2D eigenvalue weighted by Crippen LogP contribution is -2.70. The molecule has 5 rings (SSSR count). The number of rotatable bonds is 9. The lowest BCUT2D eigenvalue weighted by Gasteiger charge is -2.52. The molecule has 1 aliphatic carbocycles. The van der Waals surface area contributed by atoms with Gasteiger partial charge in [-0.1, -0.05) is 131 Å². The summed E-state index contributed by atoms with van der Waals surface area (Å²) >= 11 is 0. The van der Waals surface area contributed by atoms with Crippen LogP contribution in [0.4, 0.5) is 0 Å². The minimum atomic E-state index is -3.11. The quantitative estimate of drug-likeness (QED) is 0.238. The van der Waals surface area contributed by atoms with Crippen LogP contribution in [0.2, 0.25) is 5.04 Å². The van der Waals surface area contributed by atoms with Crippen LogP contribution in [-0.2, 0) is 23.5 Å². The van der Waals surface area contributed by atoms with Gasteiger partial charge in [-0.05, 0) is 46.2 Å². The number of hydrogen-bond acceptors (Lipinski definition) is 6. The normalized spacial score (nSPS) is 23.6. The summed E-state index contributed by atoms with van der Waals surface area (Å²) in [6, 6.07) is 29.9. The fourth-order valence-electron chi connectivity index (χ4n) is 7.93. The molecule has 1 N–H and O–H groups in total. The Hall–Kier alpha value is -3.26. The molecule has 1 heterocycles. The lowest BCUT2D eigenvalue weighted by molar-refractivity contribution is -0.164. The molecule has 4 atom stereocenters. The van der Waals surface area contributed by atoms with Crippen molar-refractivity contribution in [3.8, 4) is 0 Å². The number of ether oxygens (including phenoxy) is 2. The van der Waals surface area contributed by atoms with Crippen molar-refractivity contribution in [2.24, 2.45) is 11.3 Å². The van der Waals surface area contributed by atoms with Crippen molar-refractivity contribution in [1.82, 2.24) is 5.32 Å². The van der Waals surface area contributed by atoms with Crippen molar-refractivity contribution in [2.45, 2.75) is 82.5 Å². The number of benzene rings is 3. The number of carbonyl (C=O) groups is 2. The van der Waals surface area contributed by atoms with E-state index >= 15 is 0 Å². The number of hydrogen-bond donors (Lipinski definition) is 1. The van der Waals surface area contributed by atoms with Crippen molar-refractivity contribution in [3.05, 3.63) is 96.6 Å². The number of methoxy groups -OCH3 is 2. The second-order valence-electron chi connectivity index (χ2n) is 13.4. The maximum atomic E-state index is 14.6. The van der Waals surface area contributed by atoms with Gasteiger partial charge >= 0.3 is 11.9 Å². The molecule has 7 heteroatoms. The van der Waals surface area contributed by atoms with Gasteiger partial charge in [-0.3, -0.25) is 14.9 Å². The first kappa shape index (κ1) is 32.1. The Morgan fingerprint density at radius 1 is 0.795 bits per heavy atom. The van der Waals surface area contributed by atoms with Gasteiger partial charge in [0.05, 0.1) is 26.4 Å². The molecule has 6 nitrogen and oxygen atoms in total. The third kappa shape index (κ3) is 5.77. The molecule has 3 aromatic carbocycles. The van der Waals surface area contributed by atoms with Gasteiger partial charge in [-0.25, -0.2) is 0 Å². The summed E-state index contributed by atoms with van der Waals surface area (Å²) in [6.45, 7) is 6.79. The summed E-state index contributed by atoms with van der Waals surface area (Å²) in [5, 5.41) is 5.57. The summed E-state index contributed by atoms with van der Waals surface area (Å²) in [7, 11) is -0.253. The van der Waals surface area contributed by atoms with Gasteiger partial charge in [0, 0.05) is 0 Å². The molecule has 0 amide bonds. The van der Waals surface area contributed by atoms with Crippen molar-refractivity contribution >= 4 is 30.6 Å². The van der Waals surface area contributed by atoms with Gasteiger partial charge in [-0.15, -0.1) is 0 Å². The molecule has 1 saturated carbocycles. The Balaban J connectivity index is 1.80.